The number of aromatic amines is 1. The molecule has 6 nitrogen and oxygen atoms in total. The zero-order valence-electron chi connectivity index (χ0n) is 18.0. The first-order valence-corrected chi connectivity index (χ1v) is 11.2. The second-order valence-corrected chi connectivity index (χ2v) is 8.19. The number of pyridine rings is 1. The number of aryl methyl sites for hydroxylation is 1. The van der Waals surface area contributed by atoms with Crippen molar-refractivity contribution in [2.24, 2.45) is 0 Å². The van der Waals surface area contributed by atoms with Crippen LogP contribution in [0.25, 0.3) is 45.2 Å². The van der Waals surface area contributed by atoms with Crippen LogP contribution in [-0.4, -0.2) is 24.5 Å². The average molecular weight is 461 g/mol. The Hall–Kier alpha value is -3.71. The fourth-order valence-corrected chi connectivity index (χ4v) is 4.15. The topological polar surface area (TPSA) is 85.4 Å². The number of anilines is 1. The second kappa shape index (κ2) is 8.67. The van der Waals surface area contributed by atoms with Crippen LogP contribution < -0.4 is 5.73 Å². The van der Waals surface area contributed by atoms with E-state index in [0.29, 0.717) is 34.5 Å². The first-order chi connectivity index (χ1) is 16.1. The molecular formula is C25H22ClFN6. The predicted octanol–water partition coefficient (Wildman–Crippen LogP) is 6.33. The van der Waals surface area contributed by atoms with E-state index in [-0.39, 0.29) is 10.6 Å². The first kappa shape index (κ1) is 21.2. The molecule has 3 heterocycles. The lowest BCUT2D eigenvalue weighted by atomic mass is 10.1. The van der Waals surface area contributed by atoms with E-state index < -0.39 is 5.82 Å². The normalized spacial score (nSPS) is 11.4. The molecule has 0 fully saturated rings. The van der Waals surface area contributed by atoms with Gasteiger partial charge in [0.1, 0.15) is 17.2 Å². The third-order valence-electron chi connectivity index (χ3n) is 5.56. The molecule has 0 bridgehead atoms. The van der Waals surface area contributed by atoms with E-state index in [2.05, 4.69) is 16.9 Å². The number of H-pyrrole nitrogens is 1. The Bertz CT molecular complexity index is 1420. The molecule has 0 aliphatic carbocycles. The van der Waals surface area contributed by atoms with Crippen molar-refractivity contribution < 1.29 is 4.39 Å². The number of nitrogens with one attached hydrogen (secondary N) is 1. The van der Waals surface area contributed by atoms with Gasteiger partial charge >= 0.3 is 0 Å². The fraction of sp³-hybridized carbons (Fsp3) is 0.160. The lowest BCUT2D eigenvalue weighted by Crippen LogP contribution is -2.04. The Morgan fingerprint density at radius 2 is 1.82 bits per heavy atom. The van der Waals surface area contributed by atoms with Gasteiger partial charge in [-0.25, -0.2) is 19.3 Å². The van der Waals surface area contributed by atoms with E-state index in [1.807, 2.05) is 47.0 Å². The maximum absolute atomic E-state index is 14.7. The van der Waals surface area contributed by atoms with Crippen molar-refractivity contribution >= 4 is 28.7 Å². The molecule has 33 heavy (non-hydrogen) atoms. The lowest BCUT2D eigenvalue weighted by molar-refractivity contribution is 0.630. The van der Waals surface area contributed by atoms with Gasteiger partial charge in [0.05, 0.1) is 27.7 Å². The summed E-state index contributed by atoms with van der Waals surface area (Å²) in [5.74, 6) is 0.332. The van der Waals surface area contributed by atoms with Crippen LogP contribution in [0.5, 0.6) is 0 Å². The van der Waals surface area contributed by atoms with Crippen LogP contribution in [-0.2, 0) is 6.54 Å². The van der Waals surface area contributed by atoms with Gasteiger partial charge in [-0.05, 0) is 30.7 Å². The summed E-state index contributed by atoms with van der Waals surface area (Å²) in [6.07, 6.45) is 2.00. The summed E-state index contributed by atoms with van der Waals surface area (Å²) in [5.41, 5.74) is 10.7. The number of benzene rings is 2. The largest absolute Gasteiger partial charge is 0.369 e. The summed E-state index contributed by atoms with van der Waals surface area (Å²) >= 11 is 6.33. The highest BCUT2D eigenvalue weighted by atomic mass is 35.5. The number of nitrogens with zero attached hydrogens (tertiary/aromatic N) is 4. The molecule has 0 spiro atoms. The van der Waals surface area contributed by atoms with Crippen molar-refractivity contribution in [3.05, 3.63) is 71.5 Å². The van der Waals surface area contributed by atoms with Crippen molar-refractivity contribution in [2.75, 3.05) is 5.73 Å². The minimum atomic E-state index is -0.448. The minimum absolute atomic E-state index is 0.223. The number of hydrogen-bond donors (Lipinski definition) is 2. The monoisotopic (exact) mass is 460 g/mol. The van der Waals surface area contributed by atoms with Crippen molar-refractivity contribution in [2.45, 2.75) is 26.3 Å². The summed E-state index contributed by atoms with van der Waals surface area (Å²) in [5, 5.41) is 0.281. The number of rotatable bonds is 6. The molecule has 3 N–H and O–H groups in total. The quantitative estimate of drug-likeness (QED) is 0.310. The van der Waals surface area contributed by atoms with E-state index in [0.717, 1.165) is 30.5 Å². The average Bonchev–Trinajstić information content (AvgIpc) is 3.38. The molecule has 5 aromatic rings. The van der Waals surface area contributed by atoms with E-state index >= 15 is 0 Å². The molecule has 0 saturated carbocycles. The van der Waals surface area contributed by atoms with Crippen LogP contribution >= 0.6 is 11.6 Å². The molecule has 8 heteroatoms. The zero-order chi connectivity index (χ0) is 22.9. The summed E-state index contributed by atoms with van der Waals surface area (Å²) in [6.45, 7) is 2.86. The number of fused-ring (bicyclic) bond motifs is 1. The highest BCUT2D eigenvalue weighted by molar-refractivity contribution is 6.33. The van der Waals surface area contributed by atoms with E-state index in [9.17, 15) is 4.39 Å². The number of imidazole rings is 2. The number of nitrogens with two attached hydrogens (primary N) is 1. The standard InChI is InChI=1S/C25H22ClFN6/c1-2-3-14-33-24-19(30-25(33)28)13-12-18(29-24)22-21(15-8-5-4-6-9-15)31-23(32-22)20-16(26)10-7-11-17(20)27/h4-13H,2-3,14H2,1H3,(H2,28,30)(H,31,32). The molecule has 0 saturated heterocycles. The smallest absolute Gasteiger partial charge is 0.202 e. The van der Waals surface area contributed by atoms with Crippen LogP contribution in [0, 0.1) is 5.82 Å². The lowest BCUT2D eigenvalue weighted by Gasteiger charge is -2.06. The Labute approximate surface area is 195 Å². The molecule has 0 aliphatic heterocycles. The molecule has 0 atom stereocenters. The van der Waals surface area contributed by atoms with E-state index in [1.54, 1.807) is 12.1 Å². The predicted molar refractivity (Wildman–Crippen MR) is 130 cm³/mol. The SMILES string of the molecule is CCCCn1c(N)nc2ccc(-c3[nH]c(-c4c(F)cccc4Cl)nc3-c3ccccc3)nc21. The number of hydrogen-bond acceptors (Lipinski definition) is 4. The van der Waals surface area contributed by atoms with Crippen LogP contribution in [0.4, 0.5) is 10.3 Å². The van der Waals surface area contributed by atoms with Gasteiger partial charge in [-0.3, -0.25) is 4.57 Å². The van der Waals surface area contributed by atoms with Crippen LogP contribution in [0.3, 0.4) is 0 Å². The van der Waals surface area contributed by atoms with Crippen molar-refractivity contribution in [3.63, 3.8) is 0 Å². The maximum Gasteiger partial charge on any atom is 0.202 e. The van der Waals surface area contributed by atoms with Crippen LogP contribution in [0.1, 0.15) is 19.8 Å². The van der Waals surface area contributed by atoms with E-state index in [4.69, 9.17) is 27.3 Å². The number of halogens is 2. The van der Waals surface area contributed by atoms with Gasteiger partial charge in [0.15, 0.2) is 5.65 Å². The van der Waals surface area contributed by atoms with Gasteiger partial charge in [0.25, 0.3) is 0 Å². The molecule has 3 aromatic heterocycles. The molecule has 0 unspecified atom stereocenters. The van der Waals surface area contributed by atoms with Crippen LogP contribution in [0.15, 0.2) is 60.7 Å². The molecular weight excluding hydrogens is 439 g/mol. The molecule has 0 aliphatic rings. The van der Waals surface area contributed by atoms with Gasteiger partial charge in [-0.2, -0.15) is 0 Å². The van der Waals surface area contributed by atoms with Crippen molar-refractivity contribution in [1.82, 2.24) is 24.5 Å². The van der Waals surface area contributed by atoms with Gasteiger partial charge in [0.2, 0.25) is 5.95 Å². The fourth-order valence-electron chi connectivity index (χ4n) is 3.90. The number of unbranched alkanes of at least 4 members (excludes halogenated alkanes) is 1. The van der Waals surface area contributed by atoms with Gasteiger partial charge < -0.3 is 10.7 Å². The van der Waals surface area contributed by atoms with Gasteiger partial charge in [0, 0.05) is 12.1 Å². The maximum atomic E-state index is 14.7. The Balaban J connectivity index is 1.72. The van der Waals surface area contributed by atoms with Crippen molar-refractivity contribution in [1.29, 1.82) is 0 Å². The molecule has 0 amide bonds. The zero-order valence-corrected chi connectivity index (χ0v) is 18.8. The molecule has 2 aromatic carbocycles. The summed E-state index contributed by atoms with van der Waals surface area (Å²) < 4.78 is 16.6. The highest BCUT2D eigenvalue weighted by Gasteiger charge is 2.21. The molecule has 166 valence electrons. The Morgan fingerprint density at radius 1 is 1.00 bits per heavy atom. The van der Waals surface area contributed by atoms with Gasteiger partial charge in [-0.1, -0.05) is 61.3 Å². The summed E-state index contributed by atoms with van der Waals surface area (Å²) in [6, 6.07) is 18.0. The highest BCUT2D eigenvalue weighted by Crippen LogP contribution is 2.36. The third-order valence-corrected chi connectivity index (χ3v) is 5.88. The third kappa shape index (κ3) is 3.85. The van der Waals surface area contributed by atoms with Crippen LogP contribution in [0.2, 0.25) is 5.02 Å². The molecule has 5 rings (SSSR count). The summed E-state index contributed by atoms with van der Waals surface area (Å²) in [7, 11) is 0. The Morgan fingerprint density at radius 3 is 2.58 bits per heavy atom. The van der Waals surface area contributed by atoms with E-state index in [1.165, 1.54) is 6.07 Å². The second-order valence-electron chi connectivity index (χ2n) is 7.79. The first-order valence-electron chi connectivity index (χ1n) is 10.8. The van der Waals surface area contributed by atoms with Gasteiger partial charge in [-0.15, -0.1) is 0 Å². The number of nitrogen functional groups attached to an aromatic ring is 1. The Kier molecular flexibility index (Phi) is 5.56. The minimum Gasteiger partial charge on any atom is -0.369 e. The molecule has 0 radical (unpaired) electrons. The van der Waals surface area contributed by atoms with Crippen molar-refractivity contribution in [3.8, 4) is 34.0 Å². The number of aromatic nitrogens is 5. The summed E-state index contributed by atoms with van der Waals surface area (Å²) in [4.78, 5) is 17.3.